The summed E-state index contributed by atoms with van der Waals surface area (Å²) in [6.07, 6.45) is 9.14. The molecule has 2 N–H and O–H groups in total. The molecule has 2 aliphatic heterocycles. The minimum atomic E-state index is 0.0333. The molecule has 1 aliphatic carbocycles. The van der Waals surface area contributed by atoms with E-state index in [1.807, 2.05) is 0 Å². The first kappa shape index (κ1) is 12.9. The zero-order valence-electron chi connectivity index (χ0n) is 12.0. The Morgan fingerprint density at radius 3 is 2.56 bits per heavy atom. The molecule has 1 spiro atoms. The van der Waals surface area contributed by atoms with Crippen molar-refractivity contribution in [2.45, 2.75) is 69.0 Å². The topological polar surface area (TPSA) is 38.5 Å². The smallest absolute Gasteiger partial charge is 0.0678 e. The molecule has 18 heavy (non-hydrogen) atoms. The second-order valence-electron chi connectivity index (χ2n) is 7.15. The molecule has 2 saturated heterocycles. The van der Waals surface area contributed by atoms with Gasteiger partial charge in [0.05, 0.1) is 18.8 Å². The summed E-state index contributed by atoms with van der Waals surface area (Å²) >= 11 is 0. The van der Waals surface area contributed by atoms with Gasteiger partial charge in [-0.2, -0.15) is 0 Å². The lowest BCUT2D eigenvalue weighted by Crippen LogP contribution is -2.70. The summed E-state index contributed by atoms with van der Waals surface area (Å²) < 4.78 is 5.50. The van der Waals surface area contributed by atoms with Crippen molar-refractivity contribution in [2.24, 2.45) is 11.7 Å². The van der Waals surface area contributed by atoms with Gasteiger partial charge < -0.3 is 10.5 Å². The van der Waals surface area contributed by atoms with Gasteiger partial charge in [0.1, 0.15) is 0 Å². The number of hydrogen-bond donors (Lipinski definition) is 1. The van der Waals surface area contributed by atoms with E-state index in [2.05, 4.69) is 18.9 Å². The third kappa shape index (κ3) is 1.91. The van der Waals surface area contributed by atoms with Gasteiger partial charge in [0.2, 0.25) is 0 Å². The van der Waals surface area contributed by atoms with E-state index in [0.29, 0.717) is 17.5 Å². The van der Waals surface area contributed by atoms with Crippen molar-refractivity contribution < 1.29 is 4.74 Å². The number of ether oxygens (including phenoxy) is 1. The lowest BCUT2D eigenvalue weighted by Gasteiger charge is -2.59. The second kappa shape index (κ2) is 4.46. The van der Waals surface area contributed by atoms with E-state index in [-0.39, 0.29) is 5.54 Å². The van der Waals surface area contributed by atoms with Crippen LogP contribution in [0.4, 0.5) is 0 Å². The molecule has 3 heteroatoms. The Hall–Kier alpha value is -0.120. The number of piperidine rings is 1. The van der Waals surface area contributed by atoms with Crippen LogP contribution in [0.2, 0.25) is 0 Å². The fourth-order valence-corrected chi connectivity index (χ4v) is 4.49. The molecule has 3 rings (SSSR count). The van der Waals surface area contributed by atoms with Crippen molar-refractivity contribution in [1.82, 2.24) is 4.90 Å². The Morgan fingerprint density at radius 2 is 1.89 bits per heavy atom. The molecule has 104 valence electrons. The first-order valence-corrected chi connectivity index (χ1v) is 7.65. The summed E-state index contributed by atoms with van der Waals surface area (Å²) in [4.78, 5) is 2.64. The van der Waals surface area contributed by atoms with Gasteiger partial charge in [-0.05, 0) is 45.6 Å². The summed E-state index contributed by atoms with van der Waals surface area (Å²) in [5.41, 5.74) is 7.05. The molecule has 3 aliphatic rings. The quantitative estimate of drug-likeness (QED) is 0.718. The zero-order valence-corrected chi connectivity index (χ0v) is 12.0. The van der Waals surface area contributed by atoms with Gasteiger partial charge >= 0.3 is 0 Å². The predicted octanol–water partition coefficient (Wildman–Crippen LogP) is 2.15. The average molecular weight is 252 g/mol. The van der Waals surface area contributed by atoms with Crippen LogP contribution in [-0.2, 0) is 4.74 Å². The Morgan fingerprint density at radius 1 is 1.11 bits per heavy atom. The summed E-state index contributed by atoms with van der Waals surface area (Å²) in [5.74, 6) is 0.675. The highest BCUT2D eigenvalue weighted by Crippen LogP contribution is 2.45. The third-order valence-electron chi connectivity index (χ3n) is 5.93. The van der Waals surface area contributed by atoms with E-state index in [9.17, 15) is 0 Å². The fraction of sp³-hybridized carbons (Fsp3) is 1.00. The molecule has 3 unspecified atom stereocenters. The van der Waals surface area contributed by atoms with Crippen LogP contribution in [-0.4, -0.2) is 42.3 Å². The minimum Gasteiger partial charge on any atom is -0.377 e. The van der Waals surface area contributed by atoms with E-state index >= 15 is 0 Å². The zero-order chi connectivity index (χ0) is 12.8. The maximum atomic E-state index is 6.65. The first-order valence-electron chi connectivity index (χ1n) is 7.65. The molecule has 3 nitrogen and oxygen atoms in total. The van der Waals surface area contributed by atoms with Crippen molar-refractivity contribution in [3.63, 3.8) is 0 Å². The molecule has 3 atom stereocenters. The third-order valence-corrected chi connectivity index (χ3v) is 5.93. The van der Waals surface area contributed by atoms with E-state index < -0.39 is 0 Å². The van der Waals surface area contributed by atoms with Crippen LogP contribution < -0.4 is 5.73 Å². The number of hydrogen-bond acceptors (Lipinski definition) is 3. The monoisotopic (exact) mass is 252 g/mol. The van der Waals surface area contributed by atoms with Crippen LogP contribution >= 0.6 is 0 Å². The van der Waals surface area contributed by atoms with Crippen molar-refractivity contribution in [2.75, 3.05) is 20.3 Å². The number of fused-ring (bicyclic) bond motifs is 1. The summed E-state index contributed by atoms with van der Waals surface area (Å²) in [6.45, 7) is 4.17. The standard InChI is InChI=1S/C15H28N2O/c1-14(16)8-5-3-4-6-13-12(14)7-9-15(17(13)2)10-18-11-15/h12-13H,3-11,16H2,1-2H3. The molecule has 0 aromatic rings. The van der Waals surface area contributed by atoms with E-state index in [1.54, 1.807) is 0 Å². The maximum Gasteiger partial charge on any atom is 0.0678 e. The molecule has 0 aromatic heterocycles. The summed E-state index contributed by atoms with van der Waals surface area (Å²) in [5, 5.41) is 0. The molecule has 0 aromatic carbocycles. The van der Waals surface area contributed by atoms with Crippen LogP contribution in [0.1, 0.15) is 51.9 Å². The van der Waals surface area contributed by atoms with E-state index in [4.69, 9.17) is 10.5 Å². The number of likely N-dealkylation sites (tertiary alicyclic amines) is 1. The van der Waals surface area contributed by atoms with Crippen molar-refractivity contribution in [3.05, 3.63) is 0 Å². The molecule has 0 amide bonds. The number of nitrogens with zero attached hydrogens (tertiary/aromatic N) is 1. The molecular weight excluding hydrogens is 224 g/mol. The lowest BCUT2D eigenvalue weighted by atomic mass is 9.66. The Kier molecular flexibility index (Phi) is 3.20. The maximum absolute atomic E-state index is 6.65. The highest BCUT2D eigenvalue weighted by molar-refractivity contribution is 5.07. The summed E-state index contributed by atoms with van der Waals surface area (Å²) in [7, 11) is 2.32. The van der Waals surface area contributed by atoms with E-state index in [1.165, 1.54) is 44.9 Å². The first-order chi connectivity index (χ1) is 8.55. The van der Waals surface area contributed by atoms with Crippen LogP contribution in [0.5, 0.6) is 0 Å². The van der Waals surface area contributed by atoms with Crippen molar-refractivity contribution in [3.8, 4) is 0 Å². The van der Waals surface area contributed by atoms with Gasteiger partial charge in [-0.15, -0.1) is 0 Å². The van der Waals surface area contributed by atoms with Gasteiger partial charge in [0, 0.05) is 11.6 Å². The number of likely N-dealkylation sites (N-methyl/N-ethyl adjacent to an activating group) is 1. The highest BCUT2D eigenvalue weighted by Gasteiger charge is 2.52. The second-order valence-corrected chi connectivity index (χ2v) is 7.15. The number of rotatable bonds is 0. The van der Waals surface area contributed by atoms with Gasteiger partial charge in [-0.25, -0.2) is 0 Å². The Labute approximate surface area is 111 Å². The van der Waals surface area contributed by atoms with Crippen LogP contribution in [0.15, 0.2) is 0 Å². The van der Waals surface area contributed by atoms with Gasteiger partial charge in [0.15, 0.2) is 0 Å². The molecule has 2 heterocycles. The van der Waals surface area contributed by atoms with Crippen molar-refractivity contribution >= 4 is 0 Å². The van der Waals surface area contributed by atoms with E-state index in [0.717, 1.165) is 13.2 Å². The van der Waals surface area contributed by atoms with Crippen LogP contribution in [0.3, 0.4) is 0 Å². The Balaban J connectivity index is 1.83. The van der Waals surface area contributed by atoms with Gasteiger partial charge in [0.25, 0.3) is 0 Å². The predicted molar refractivity (Wildman–Crippen MR) is 73.5 cm³/mol. The SMILES string of the molecule is CN1C2CCCCCC(C)(N)C2CCC12COC2. The molecular formula is C15H28N2O. The normalized spacial score (nSPS) is 44.8. The van der Waals surface area contributed by atoms with Gasteiger partial charge in [-0.1, -0.05) is 19.3 Å². The van der Waals surface area contributed by atoms with Crippen LogP contribution in [0.25, 0.3) is 0 Å². The minimum absolute atomic E-state index is 0.0333. The average Bonchev–Trinajstić information content (AvgIpc) is 2.25. The fourth-order valence-electron chi connectivity index (χ4n) is 4.49. The molecule has 0 radical (unpaired) electrons. The number of nitrogens with two attached hydrogens (primary N) is 1. The Bertz CT molecular complexity index is 312. The lowest BCUT2D eigenvalue weighted by molar-refractivity contribution is -0.181. The molecule has 3 fully saturated rings. The molecule has 1 saturated carbocycles. The van der Waals surface area contributed by atoms with Crippen molar-refractivity contribution in [1.29, 1.82) is 0 Å². The van der Waals surface area contributed by atoms with Gasteiger partial charge in [-0.3, -0.25) is 4.90 Å². The largest absolute Gasteiger partial charge is 0.377 e. The molecule has 0 bridgehead atoms. The highest BCUT2D eigenvalue weighted by atomic mass is 16.5. The van der Waals surface area contributed by atoms with Crippen LogP contribution in [0, 0.1) is 5.92 Å². The summed E-state index contributed by atoms with van der Waals surface area (Å²) in [6, 6.07) is 0.679.